The smallest absolute Gasteiger partial charge is 0.279 e. The molecule has 2 aromatic rings. The van der Waals surface area contributed by atoms with E-state index in [4.69, 9.17) is 9.47 Å². The van der Waals surface area contributed by atoms with Crippen molar-refractivity contribution >= 4 is 23.4 Å². The van der Waals surface area contributed by atoms with Crippen LogP contribution in [0.4, 0.5) is 5.69 Å². The first-order valence-corrected chi connectivity index (χ1v) is 9.72. The first kappa shape index (κ1) is 22.7. The molecular formula is C22H27N3O5. The predicted molar refractivity (Wildman–Crippen MR) is 113 cm³/mol. The lowest BCUT2D eigenvalue weighted by Gasteiger charge is -2.15. The summed E-state index contributed by atoms with van der Waals surface area (Å²) in [6.07, 6.45) is -0.892. The Morgan fingerprint density at radius 2 is 1.47 bits per heavy atom. The van der Waals surface area contributed by atoms with Gasteiger partial charge in [0.05, 0.1) is 6.61 Å². The zero-order valence-electron chi connectivity index (χ0n) is 17.4. The first-order valence-electron chi connectivity index (χ1n) is 9.72. The highest BCUT2D eigenvalue weighted by atomic mass is 16.5. The van der Waals surface area contributed by atoms with Gasteiger partial charge in [-0.2, -0.15) is 0 Å². The van der Waals surface area contributed by atoms with Crippen LogP contribution >= 0.6 is 0 Å². The minimum absolute atomic E-state index is 0.0235. The van der Waals surface area contributed by atoms with E-state index in [-0.39, 0.29) is 18.7 Å². The first-order chi connectivity index (χ1) is 14.4. The number of nitrogens with one attached hydrogen (secondary N) is 3. The van der Waals surface area contributed by atoms with Crippen LogP contribution in [0.25, 0.3) is 0 Å². The average molecular weight is 413 g/mol. The molecule has 3 N–H and O–H groups in total. The lowest BCUT2D eigenvalue weighted by molar-refractivity contribution is -0.133. The molecule has 0 bridgehead atoms. The highest BCUT2D eigenvalue weighted by Gasteiger charge is 2.16. The lowest BCUT2D eigenvalue weighted by atomic mass is 10.2. The van der Waals surface area contributed by atoms with Gasteiger partial charge in [-0.05, 0) is 57.2 Å². The summed E-state index contributed by atoms with van der Waals surface area (Å²) in [6.45, 7) is 5.98. The Kier molecular flexibility index (Phi) is 8.68. The number of anilines is 1. The fourth-order valence-corrected chi connectivity index (χ4v) is 2.42. The Morgan fingerprint density at radius 1 is 0.867 bits per heavy atom. The van der Waals surface area contributed by atoms with Gasteiger partial charge in [0, 0.05) is 18.5 Å². The van der Waals surface area contributed by atoms with Crippen LogP contribution in [0, 0.1) is 6.92 Å². The van der Waals surface area contributed by atoms with Gasteiger partial charge in [0.15, 0.2) is 6.10 Å². The number of rotatable bonds is 9. The van der Waals surface area contributed by atoms with Gasteiger partial charge in [0.1, 0.15) is 11.5 Å². The molecule has 2 rings (SSSR count). The summed E-state index contributed by atoms with van der Waals surface area (Å²) >= 11 is 0. The topological polar surface area (TPSA) is 106 Å². The number of aryl methyl sites for hydroxylation is 1. The van der Waals surface area contributed by atoms with Crippen molar-refractivity contribution in [2.75, 3.05) is 11.9 Å². The van der Waals surface area contributed by atoms with Crippen molar-refractivity contribution in [1.82, 2.24) is 10.9 Å². The van der Waals surface area contributed by atoms with E-state index in [0.29, 0.717) is 23.8 Å². The Hall–Kier alpha value is -3.55. The zero-order chi connectivity index (χ0) is 21.9. The van der Waals surface area contributed by atoms with Gasteiger partial charge in [-0.15, -0.1) is 0 Å². The van der Waals surface area contributed by atoms with E-state index in [0.717, 1.165) is 5.56 Å². The number of carbonyl (C=O) groups is 3. The molecule has 0 saturated carbocycles. The van der Waals surface area contributed by atoms with Crippen LogP contribution in [0.5, 0.6) is 11.5 Å². The Balaban J connectivity index is 1.67. The minimum atomic E-state index is -0.795. The Morgan fingerprint density at radius 3 is 2.10 bits per heavy atom. The van der Waals surface area contributed by atoms with Crippen molar-refractivity contribution in [3.8, 4) is 11.5 Å². The molecule has 0 aliphatic rings. The van der Waals surface area contributed by atoms with Gasteiger partial charge in [0.2, 0.25) is 11.8 Å². The summed E-state index contributed by atoms with van der Waals surface area (Å²) in [5.74, 6) is -0.0149. The van der Waals surface area contributed by atoms with Gasteiger partial charge >= 0.3 is 0 Å². The van der Waals surface area contributed by atoms with E-state index in [1.807, 2.05) is 26.0 Å². The lowest BCUT2D eigenvalue weighted by Crippen LogP contribution is -2.47. The van der Waals surface area contributed by atoms with Crippen molar-refractivity contribution in [3.63, 3.8) is 0 Å². The molecule has 0 saturated heterocycles. The Labute approximate surface area is 175 Å². The van der Waals surface area contributed by atoms with E-state index < -0.39 is 17.9 Å². The van der Waals surface area contributed by atoms with Crippen molar-refractivity contribution in [2.24, 2.45) is 0 Å². The highest BCUT2D eigenvalue weighted by Crippen LogP contribution is 2.16. The van der Waals surface area contributed by atoms with Crippen molar-refractivity contribution in [2.45, 2.75) is 39.7 Å². The normalized spacial score (nSPS) is 11.2. The SMILES string of the molecule is CCOc1ccc(NC(=O)CCC(=O)NNC(=O)C(C)Oc2ccc(C)cc2)cc1. The molecule has 30 heavy (non-hydrogen) atoms. The standard InChI is InChI=1S/C22H27N3O5/c1-4-29-18-11-7-17(8-12-18)23-20(26)13-14-21(27)24-25-22(28)16(3)30-19-9-5-15(2)6-10-19/h5-12,16H,4,13-14H2,1-3H3,(H,23,26)(H,24,27)(H,25,28). The molecule has 0 heterocycles. The summed E-state index contributed by atoms with van der Waals surface area (Å²) in [4.78, 5) is 35.9. The molecule has 0 radical (unpaired) electrons. The maximum Gasteiger partial charge on any atom is 0.279 e. The molecule has 0 aromatic heterocycles. The maximum atomic E-state index is 12.0. The average Bonchev–Trinajstić information content (AvgIpc) is 2.73. The second-order valence-corrected chi connectivity index (χ2v) is 6.62. The molecule has 2 aromatic carbocycles. The summed E-state index contributed by atoms with van der Waals surface area (Å²) in [5, 5.41) is 2.70. The van der Waals surface area contributed by atoms with Gasteiger partial charge in [-0.25, -0.2) is 0 Å². The molecule has 8 heteroatoms. The number of hydrogen-bond donors (Lipinski definition) is 3. The summed E-state index contributed by atoms with van der Waals surface area (Å²) in [5.41, 5.74) is 6.27. The van der Waals surface area contributed by atoms with Crippen molar-refractivity contribution < 1.29 is 23.9 Å². The van der Waals surface area contributed by atoms with Gasteiger partial charge in [-0.3, -0.25) is 25.2 Å². The van der Waals surface area contributed by atoms with E-state index in [1.54, 1.807) is 43.3 Å². The number of hydrogen-bond acceptors (Lipinski definition) is 5. The monoisotopic (exact) mass is 413 g/mol. The van der Waals surface area contributed by atoms with Crippen LogP contribution in [0.1, 0.15) is 32.3 Å². The molecule has 0 aliphatic heterocycles. The van der Waals surface area contributed by atoms with Gasteiger partial charge < -0.3 is 14.8 Å². The molecule has 1 unspecified atom stereocenters. The molecule has 8 nitrogen and oxygen atoms in total. The molecular weight excluding hydrogens is 386 g/mol. The van der Waals surface area contributed by atoms with Crippen molar-refractivity contribution in [1.29, 1.82) is 0 Å². The van der Waals surface area contributed by atoms with Crippen molar-refractivity contribution in [3.05, 3.63) is 54.1 Å². The molecule has 160 valence electrons. The quantitative estimate of drug-likeness (QED) is 0.548. The minimum Gasteiger partial charge on any atom is -0.494 e. The molecule has 0 aliphatic carbocycles. The predicted octanol–water partition coefficient (Wildman–Crippen LogP) is 2.73. The zero-order valence-corrected chi connectivity index (χ0v) is 17.4. The molecule has 1 atom stereocenters. The summed E-state index contributed by atoms with van der Waals surface area (Å²) in [6, 6.07) is 14.2. The van der Waals surface area contributed by atoms with Crippen LogP contribution < -0.4 is 25.6 Å². The highest BCUT2D eigenvalue weighted by molar-refractivity contribution is 5.93. The largest absolute Gasteiger partial charge is 0.494 e. The fourth-order valence-electron chi connectivity index (χ4n) is 2.42. The van der Waals surface area contributed by atoms with Gasteiger partial charge in [0.25, 0.3) is 5.91 Å². The van der Waals surface area contributed by atoms with E-state index in [9.17, 15) is 14.4 Å². The van der Waals surface area contributed by atoms with Crippen LogP contribution in [-0.2, 0) is 14.4 Å². The number of carbonyl (C=O) groups excluding carboxylic acids is 3. The van der Waals surface area contributed by atoms with Gasteiger partial charge in [-0.1, -0.05) is 17.7 Å². The maximum absolute atomic E-state index is 12.0. The number of hydrazine groups is 1. The third-order valence-corrected chi connectivity index (χ3v) is 4.06. The second-order valence-electron chi connectivity index (χ2n) is 6.62. The van der Waals surface area contributed by atoms with Crippen LogP contribution in [0.2, 0.25) is 0 Å². The fraction of sp³-hybridized carbons (Fsp3) is 0.318. The Bertz CT molecular complexity index is 850. The third kappa shape index (κ3) is 7.83. The summed E-state index contributed by atoms with van der Waals surface area (Å²) < 4.78 is 10.9. The molecule has 0 fully saturated rings. The van der Waals surface area contributed by atoms with Crippen LogP contribution in [0.3, 0.4) is 0 Å². The number of benzene rings is 2. The van der Waals surface area contributed by atoms with E-state index >= 15 is 0 Å². The third-order valence-electron chi connectivity index (χ3n) is 4.06. The second kappa shape index (κ2) is 11.5. The summed E-state index contributed by atoms with van der Waals surface area (Å²) in [7, 11) is 0. The van der Waals surface area contributed by atoms with Crippen LogP contribution in [-0.4, -0.2) is 30.4 Å². The molecule has 0 spiro atoms. The molecule has 3 amide bonds. The van der Waals surface area contributed by atoms with E-state index in [2.05, 4.69) is 16.2 Å². The number of ether oxygens (including phenoxy) is 2. The van der Waals surface area contributed by atoms with E-state index in [1.165, 1.54) is 0 Å². The number of amides is 3. The van der Waals surface area contributed by atoms with Crippen LogP contribution in [0.15, 0.2) is 48.5 Å².